The SMILES string of the molecule is OC(c1ccc(I)c(Cl)c1)c1cccc2ccccc12. The summed E-state index contributed by atoms with van der Waals surface area (Å²) in [5, 5.41) is 13.5. The minimum atomic E-state index is -0.671. The van der Waals surface area contributed by atoms with Crippen LogP contribution in [0.4, 0.5) is 0 Å². The highest BCUT2D eigenvalue weighted by Crippen LogP contribution is 2.31. The van der Waals surface area contributed by atoms with Crippen LogP contribution in [-0.4, -0.2) is 5.11 Å². The Bertz CT molecular complexity index is 765. The van der Waals surface area contributed by atoms with E-state index in [9.17, 15) is 5.11 Å². The maximum Gasteiger partial charge on any atom is 0.105 e. The Hall–Kier alpha value is -1.10. The molecule has 0 spiro atoms. The molecule has 1 unspecified atom stereocenters. The van der Waals surface area contributed by atoms with Crippen LogP contribution in [0.3, 0.4) is 0 Å². The Labute approximate surface area is 136 Å². The van der Waals surface area contributed by atoms with Crippen molar-refractivity contribution in [3.05, 3.63) is 80.4 Å². The van der Waals surface area contributed by atoms with E-state index >= 15 is 0 Å². The first-order valence-electron chi connectivity index (χ1n) is 6.27. The molecular formula is C17H12ClIO. The second-order valence-corrected chi connectivity index (χ2v) is 6.21. The van der Waals surface area contributed by atoms with Gasteiger partial charge in [0.1, 0.15) is 6.10 Å². The van der Waals surface area contributed by atoms with Crippen LogP contribution in [0.2, 0.25) is 5.02 Å². The molecule has 0 aromatic heterocycles. The van der Waals surface area contributed by atoms with Gasteiger partial charge in [-0.3, -0.25) is 0 Å². The van der Waals surface area contributed by atoms with Gasteiger partial charge in [-0.25, -0.2) is 0 Å². The molecule has 0 heterocycles. The number of aliphatic hydroxyl groups excluding tert-OH is 1. The molecule has 0 aliphatic heterocycles. The van der Waals surface area contributed by atoms with Crippen LogP contribution in [0, 0.1) is 3.57 Å². The van der Waals surface area contributed by atoms with Crippen LogP contribution in [0.5, 0.6) is 0 Å². The Morgan fingerprint density at radius 2 is 1.70 bits per heavy atom. The molecule has 1 nitrogen and oxygen atoms in total. The third-order valence-electron chi connectivity index (χ3n) is 3.38. The smallest absolute Gasteiger partial charge is 0.105 e. The van der Waals surface area contributed by atoms with E-state index in [0.717, 1.165) is 25.5 Å². The molecule has 0 aliphatic rings. The van der Waals surface area contributed by atoms with Gasteiger partial charge >= 0.3 is 0 Å². The van der Waals surface area contributed by atoms with E-state index in [0.29, 0.717) is 5.02 Å². The van der Waals surface area contributed by atoms with Crippen molar-refractivity contribution in [1.82, 2.24) is 0 Å². The Morgan fingerprint density at radius 3 is 2.50 bits per heavy atom. The third kappa shape index (κ3) is 2.55. The number of fused-ring (bicyclic) bond motifs is 1. The van der Waals surface area contributed by atoms with Crippen molar-refractivity contribution in [2.45, 2.75) is 6.10 Å². The first kappa shape index (κ1) is 13.9. The lowest BCUT2D eigenvalue weighted by molar-refractivity contribution is 0.222. The monoisotopic (exact) mass is 394 g/mol. The molecule has 100 valence electrons. The molecule has 3 rings (SSSR count). The highest BCUT2D eigenvalue weighted by molar-refractivity contribution is 14.1. The van der Waals surface area contributed by atoms with Gasteiger partial charge in [0.15, 0.2) is 0 Å². The number of halogens is 2. The van der Waals surface area contributed by atoms with Gasteiger partial charge in [0.05, 0.1) is 5.02 Å². The number of aliphatic hydroxyl groups is 1. The standard InChI is InChI=1S/C17H12ClIO/c18-15-10-12(8-9-16(15)19)17(20)14-7-3-5-11-4-1-2-6-13(11)14/h1-10,17,20H. The zero-order chi connectivity index (χ0) is 14.1. The largest absolute Gasteiger partial charge is 0.384 e. The minimum Gasteiger partial charge on any atom is -0.384 e. The summed E-state index contributed by atoms with van der Waals surface area (Å²) in [6.45, 7) is 0. The lowest BCUT2D eigenvalue weighted by atomic mass is 9.96. The predicted molar refractivity (Wildman–Crippen MR) is 92.2 cm³/mol. The van der Waals surface area contributed by atoms with Gasteiger partial charge < -0.3 is 5.11 Å². The van der Waals surface area contributed by atoms with Crippen LogP contribution in [-0.2, 0) is 0 Å². The molecule has 0 fully saturated rings. The topological polar surface area (TPSA) is 20.2 Å². The van der Waals surface area contributed by atoms with Gasteiger partial charge in [-0.15, -0.1) is 0 Å². The number of benzene rings is 3. The average molecular weight is 395 g/mol. The van der Waals surface area contributed by atoms with Gasteiger partial charge in [-0.05, 0) is 56.6 Å². The molecule has 1 N–H and O–H groups in total. The van der Waals surface area contributed by atoms with E-state index in [1.165, 1.54) is 0 Å². The highest BCUT2D eigenvalue weighted by Gasteiger charge is 2.14. The molecule has 20 heavy (non-hydrogen) atoms. The molecule has 0 saturated heterocycles. The highest BCUT2D eigenvalue weighted by atomic mass is 127. The predicted octanol–water partition coefficient (Wildman–Crippen LogP) is 5.18. The Balaban J connectivity index is 2.12. The normalized spacial score (nSPS) is 12.6. The molecule has 3 heteroatoms. The maximum atomic E-state index is 10.6. The fourth-order valence-electron chi connectivity index (χ4n) is 2.35. The zero-order valence-electron chi connectivity index (χ0n) is 10.6. The van der Waals surface area contributed by atoms with E-state index in [1.54, 1.807) is 0 Å². The van der Waals surface area contributed by atoms with Gasteiger partial charge in [0.2, 0.25) is 0 Å². The summed E-state index contributed by atoms with van der Waals surface area (Å²) in [5.41, 5.74) is 1.71. The molecule has 0 radical (unpaired) electrons. The van der Waals surface area contributed by atoms with Crippen molar-refractivity contribution in [3.8, 4) is 0 Å². The van der Waals surface area contributed by atoms with Crippen molar-refractivity contribution < 1.29 is 5.11 Å². The first-order chi connectivity index (χ1) is 9.66. The van der Waals surface area contributed by atoms with E-state index in [-0.39, 0.29) is 0 Å². The molecule has 0 saturated carbocycles. The van der Waals surface area contributed by atoms with Gasteiger partial charge in [-0.2, -0.15) is 0 Å². The number of rotatable bonds is 2. The van der Waals surface area contributed by atoms with Crippen molar-refractivity contribution in [2.24, 2.45) is 0 Å². The summed E-state index contributed by atoms with van der Waals surface area (Å²) in [6, 6.07) is 19.7. The van der Waals surface area contributed by atoms with E-state index in [2.05, 4.69) is 22.6 Å². The van der Waals surface area contributed by atoms with Crippen LogP contribution < -0.4 is 0 Å². The molecule has 3 aromatic carbocycles. The molecule has 1 atom stereocenters. The maximum absolute atomic E-state index is 10.6. The average Bonchev–Trinajstić information content (AvgIpc) is 2.49. The molecule has 0 aliphatic carbocycles. The minimum absolute atomic E-state index is 0.669. The van der Waals surface area contributed by atoms with Gasteiger partial charge in [0, 0.05) is 3.57 Å². The first-order valence-corrected chi connectivity index (χ1v) is 7.73. The Morgan fingerprint density at radius 1 is 0.950 bits per heavy atom. The summed E-state index contributed by atoms with van der Waals surface area (Å²) in [5.74, 6) is 0. The van der Waals surface area contributed by atoms with Gasteiger partial charge in [-0.1, -0.05) is 60.1 Å². The summed E-state index contributed by atoms with van der Waals surface area (Å²) in [4.78, 5) is 0. The van der Waals surface area contributed by atoms with E-state index in [4.69, 9.17) is 11.6 Å². The van der Waals surface area contributed by atoms with Crippen molar-refractivity contribution in [1.29, 1.82) is 0 Å². The van der Waals surface area contributed by atoms with Crippen molar-refractivity contribution >= 4 is 45.0 Å². The summed E-state index contributed by atoms with van der Waals surface area (Å²) >= 11 is 8.32. The lowest BCUT2D eigenvalue weighted by Gasteiger charge is -2.15. The zero-order valence-corrected chi connectivity index (χ0v) is 13.5. The fourth-order valence-corrected chi connectivity index (χ4v) is 2.88. The summed E-state index contributed by atoms with van der Waals surface area (Å²) in [6.07, 6.45) is -0.671. The van der Waals surface area contributed by atoms with Gasteiger partial charge in [0.25, 0.3) is 0 Å². The summed E-state index contributed by atoms with van der Waals surface area (Å²) in [7, 11) is 0. The van der Waals surface area contributed by atoms with Crippen LogP contribution in [0.1, 0.15) is 17.2 Å². The Kier molecular flexibility index (Phi) is 3.96. The second-order valence-electron chi connectivity index (χ2n) is 4.64. The molecule has 0 bridgehead atoms. The van der Waals surface area contributed by atoms with E-state index < -0.39 is 6.10 Å². The summed E-state index contributed by atoms with van der Waals surface area (Å²) < 4.78 is 0.984. The van der Waals surface area contributed by atoms with Crippen molar-refractivity contribution in [3.63, 3.8) is 0 Å². The van der Waals surface area contributed by atoms with E-state index in [1.807, 2.05) is 60.7 Å². The molecule has 3 aromatic rings. The number of hydrogen-bond donors (Lipinski definition) is 1. The molecular weight excluding hydrogens is 383 g/mol. The fraction of sp³-hybridized carbons (Fsp3) is 0.0588. The second kappa shape index (κ2) is 5.72. The lowest BCUT2D eigenvalue weighted by Crippen LogP contribution is -2.00. The van der Waals surface area contributed by atoms with Crippen LogP contribution in [0.25, 0.3) is 10.8 Å². The van der Waals surface area contributed by atoms with Crippen molar-refractivity contribution in [2.75, 3.05) is 0 Å². The van der Waals surface area contributed by atoms with Crippen LogP contribution in [0.15, 0.2) is 60.7 Å². The quantitative estimate of drug-likeness (QED) is 0.594. The molecule has 0 amide bonds. The number of hydrogen-bond acceptors (Lipinski definition) is 1. The third-order valence-corrected chi connectivity index (χ3v) is 4.95. The van der Waals surface area contributed by atoms with Crippen LogP contribution >= 0.6 is 34.2 Å².